The average Bonchev–Trinajstić information content (AvgIpc) is 3.32. The van der Waals surface area contributed by atoms with Gasteiger partial charge in [-0.25, -0.2) is 0 Å². The second-order valence-corrected chi connectivity index (χ2v) is 6.19. The zero-order chi connectivity index (χ0) is 17.5. The Bertz CT molecular complexity index is 703. The maximum absolute atomic E-state index is 13.0. The van der Waals surface area contributed by atoms with E-state index in [4.69, 9.17) is 4.74 Å². The van der Waals surface area contributed by atoms with Crippen LogP contribution in [0.4, 0.5) is 0 Å². The van der Waals surface area contributed by atoms with Gasteiger partial charge in [0.05, 0.1) is 6.10 Å². The zero-order valence-electron chi connectivity index (χ0n) is 14.7. The van der Waals surface area contributed by atoms with Gasteiger partial charge in [-0.2, -0.15) is 5.10 Å². The highest BCUT2D eigenvalue weighted by Gasteiger charge is 2.24. The van der Waals surface area contributed by atoms with Crippen molar-refractivity contribution in [1.29, 1.82) is 0 Å². The molecule has 1 aliphatic rings. The predicted octanol–water partition coefficient (Wildman–Crippen LogP) is 3.24. The van der Waals surface area contributed by atoms with Crippen molar-refractivity contribution < 1.29 is 9.53 Å². The summed E-state index contributed by atoms with van der Waals surface area (Å²) in [6.07, 6.45) is 7.98. The van der Waals surface area contributed by atoms with E-state index >= 15 is 0 Å². The van der Waals surface area contributed by atoms with Gasteiger partial charge >= 0.3 is 0 Å². The first-order valence-electron chi connectivity index (χ1n) is 8.92. The molecule has 2 heterocycles. The first-order chi connectivity index (χ1) is 12.3. The summed E-state index contributed by atoms with van der Waals surface area (Å²) in [6, 6.07) is 11.9. The fourth-order valence-corrected chi connectivity index (χ4v) is 3.08. The number of aromatic nitrogens is 2. The van der Waals surface area contributed by atoms with Gasteiger partial charge < -0.3 is 9.64 Å². The van der Waals surface area contributed by atoms with Crippen LogP contribution < -0.4 is 0 Å². The van der Waals surface area contributed by atoms with E-state index < -0.39 is 0 Å². The molecule has 1 fully saturated rings. The molecule has 1 saturated heterocycles. The number of ether oxygens (including phenoxy) is 1. The summed E-state index contributed by atoms with van der Waals surface area (Å²) in [5, 5.41) is 4.22. The number of carbonyl (C=O) groups is 1. The molecule has 1 aromatic heterocycles. The lowest BCUT2D eigenvalue weighted by Gasteiger charge is -2.24. The molecule has 1 aromatic carbocycles. The highest BCUT2D eigenvalue weighted by molar-refractivity contribution is 5.92. The van der Waals surface area contributed by atoms with Crippen LogP contribution in [-0.2, 0) is 11.3 Å². The van der Waals surface area contributed by atoms with E-state index in [0.717, 1.165) is 25.0 Å². The molecule has 1 amide bonds. The number of carbonyl (C=O) groups excluding carboxylic acids is 1. The fourth-order valence-electron chi connectivity index (χ4n) is 3.08. The molecule has 3 rings (SSSR count). The van der Waals surface area contributed by atoms with Crippen LogP contribution in [0.1, 0.15) is 35.8 Å². The lowest BCUT2D eigenvalue weighted by Crippen LogP contribution is -2.38. The summed E-state index contributed by atoms with van der Waals surface area (Å²) < 4.78 is 7.47. The first-order valence-corrected chi connectivity index (χ1v) is 8.92. The summed E-state index contributed by atoms with van der Waals surface area (Å²) in [4.78, 5) is 14.9. The summed E-state index contributed by atoms with van der Waals surface area (Å²) in [5.74, 6) is 0.00700. The average molecular weight is 339 g/mol. The summed E-state index contributed by atoms with van der Waals surface area (Å²) >= 11 is 0. The minimum absolute atomic E-state index is 0.00700. The second-order valence-electron chi connectivity index (χ2n) is 6.19. The molecule has 0 unspecified atom stereocenters. The Balaban J connectivity index is 1.72. The molecular weight excluding hydrogens is 314 g/mol. The Hall–Kier alpha value is -2.40. The molecule has 0 bridgehead atoms. The molecule has 1 aliphatic heterocycles. The van der Waals surface area contributed by atoms with Crippen LogP contribution in [0.5, 0.6) is 0 Å². The van der Waals surface area contributed by atoms with Crippen LogP contribution in [-0.4, -0.2) is 46.4 Å². The first kappa shape index (κ1) is 17.4. The third-order valence-corrected chi connectivity index (χ3v) is 4.41. The van der Waals surface area contributed by atoms with Crippen molar-refractivity contribution in [3.05, 3.63) is 59.9 Å². The van der Waals surface area contributed by atoms with Crippen LogP contribution >= 0.6 is 0 Å². The second kappa shape index (κ2) is 8.62. The lowest BCUT2D eigenvalue weighted by atomic mass is 10.2. The minimum Gasteiger partial charge on any atom is -0.376 e. The third-order valence-electron chi connectivity index (χ3n) is 4.41. The molecule has 0 aliphatic carbocycles. The number of hydrogen-bond donors (Lipinski definition) is 0. The largest absolute Gasteiger partial charge is 0.376 e. The Kier molecular flexibility index (Phi) is 6.01. The van der Waals surface area contributed by atoms with Crippen molar-refractivity contribution in [2.75, 3.05) is 19.7 Å². The number of hydrogen-bond acceptors (Lipinski definition) is 3. The summed E-state index contributed by atoms with van der Waals surface area (Å²) in [5.41, 5.74) is 1.76. The minimum atomic E-state index is 0.00700. The lowest BCUT2D eigenvalue weighted by molar-refractivity contribution is 0.0545. The van der Waals surface area contributed by atoms with E-state index in [2.05, 4.69) is 17.2 Å². The van der Waals surface area contributed by atoms with Crippen LogP contribution in [0.25, 0.3) is 6.08 Å². The van der Waals surface area contributed by atoms with Crippen molar-refractivity contribution in [3.63, 3.8) is 0 Å². The van der Waals surface area contributed by atoms with Crippen LogP contribution in [0.15, 0.2) is 48.7 Å². The third kappa shape index (κ3) is 4.57. The quantitative estimate of drug-likeness (QED) is 0.778. The van der Waals surface area contributed by atoms with Crippen molar-refractivity contribution in [3.8, 4) is 0 Å². The topological polar surface area (TPSA) is 47.4 Å². The van der Waals surface area contributed by atoms with Gasteiger partial charge in [-0.1, -0.05) is 42.5 Å². The zero-order valence-corrected chi connectivity index (χ0v) is 14.7. The fraction of sp³-hybridized carbons (Fsp3) is 0.400. The van der Waals surface area contributed by atoms with Crippen molar-refractivity contribution in [2.24, 2.45) is 0 Å². The SMILES string of the molecule is CCn1nccc1C(=O)N(C/C=C/c1ccccc1)C[C@@H]1CCCO1. The molecule has 5 nitrogen and oxygen atoms in total. The van der Waals surface area contributed by atoms with Gasteiger partial charge in [0.1, 0.15) is 5.69 Å². The molecule has 0 saturated carbocycles. The van der Waals surface area contributed by atoms with E-state index in [1.54, 1.807) is 16.9 Å². The molecule has 5 heteroatoms. The molecular formula is C20H25N3O2. The Labute approximate surface area is 148 Å². The van der Waals surface area contributed by atoms with Gasteiger partial charge in [-0.15, -0.1) is 0 Å². The molecule has 0 spiro atoms. The van der Waals surface area contributed by atoms with Crippen LogP contribution in [0.3, 0.4) is 0 Å². The van der Waals surface area contributed by atoms with E-state index in [1.165, 1.54) is 0 Å². The molecule has 2 aromatic rings. The molecule has 0 radical (unpaired) electrons. The predicted molar refractivity (Wildman–Crippen MR) is 98.3 cm³/mol. The van der Waals surface area contributed by atoms with Crippen molar-refractivity contribution >= 4 is 12.0 Å². The standard InChI is InChI=1S/C20H25N3O2/c1-2-23-19(12-13-21-23)20(24)22(16-18-11-7-15-25-18)14-6-10-17-8-4-3-5-9-17/h3-6,8-10,12-13,18H,2,7,11,14-16H2,1H3/b10-6+/t18-/m0/s1. The number of aryl methyl sites for hydroxylation is 1. The monoisotopic (exact) mass is 339 g/mol. The maximum Gasteiger partial charge on any atom is 0.272 e. The Morgan fingerprint density at radius 1 is 1.36 bits per heavy atom. The normalized spacial score (nSPS) is 17.2. The van der Waals surface area contributed by atoms with E-state index in [0.29, 0.717) is 25.3 Å². The summed E-state index contributed by atoms with van der Waals surface area (Å²) in [6.45, 7) is 4.64. The maximum atomic E-state index is 13.0. The van der Waals surface area contributed by atoms with E-state index in [1.807, 2.05) is 42.2 Å². The van der Waals surface area contributed by atoms with Gasteiger partial charge in [0.25, 0.3) is 5.91 Å². The number of nitrogens with zero attached hydrogens (tertiary/aromatic N) is 3. The highest BCUT2D eigenvalue weighted by atomic mass is 16.5. The van der Waals surface area contributed by atoms with Gasteiger partial charge in [0.2, 0.25) is 0 Å². The van der Waals surface area contributed by atoms with E-state index in [9.17, 15) is 4.79 Å². The Morgan fingerprint density at radius 2 is 2.20 bits per heavy atom. The smallest absolute Gasteiger partial charge is 0.272 e. The van der Waals surface area contributed by atoms with Gasteiger partial charge in [0, 0.05) is 32.4 Å². The highest BCUT2D eigenvalue weighted by Crippen LogP contribution is 2.15. The number of benzene rings is 1. The molecule has 132 valence electrons. The Morgan fingerprint density at radius 3 is 2.92 bits per heavy atom. The van der Waals surface area contributed by atoms with Crippen molar-refractivity contribution in [1.82, 2.24) is 14.7 Å². The van der Waals surface area contributed by atoms with Gasteiger partial charge in [-0.3, -0.25) is 9.48 Å². The van der Waals surface area contributed by atoms with Gasteiger partial charge in [-0.05, 0) is 31.4 Å². The number of amides is 1. The summed E-state index contributed by atoms with van der Waals surface area (Å²) in [7, 11) is 0. The molecule has 25 heavy (non-hydrogen) atoms. The van der Waals surface area contributed by atoms with E-state index in [-0.39, 0.29) is 12.0 Å². The van der Waals surface area contributed by atoms with Crippen LogP contribution in [0, 0.1) is 0 Å². The van der Waals surface area contributed by atoms with Crippen LogP contribution in [0.2, 0.25) is 0 Å². The van der Waals surface area contributed by atoms with Gasteiger partial charge in [0.15, 0.2) is 0 Å². The molecule has 0 N–H and O–H groups in total. The molecule has 1 atom stereocenters. The number of rotatable bonds is 7. The van der Waals surface area contributed by atoms with Crippen molar-refractivity contribution in [2.45, 2.75) is 32.4 Å².